The molecule has 0 spiro atoms. The summed E-state index contributed by atoms with van der Waals surface area (Å²) in [5, 5.41) is 11.0. The molecule has 1 saturated carbocycles. The second-order valence-electron chi connectivity index (χ2n) is 5.43. The van der Waals surface area contributed by atoms with Crippen LogP contribution in [0, 0.1) is 17.2 Å². The third-order valence-corrected chi connectivity index (χ3v) is 4.19. The topological polar surface area (TPSA) is 73.2 Å². The smallest absolute Gasteiger partial charge is 0.235 e. The lowest BCUT2D eigenvalue weighted by molar-refractivity contribution is -0.127. The summed E-state index contributed by atoms with van der Waals surface area (Å²) >= 11 is 0. The van der Waals surface area contributed by atoms with Crippen molar-refractivity contribution in [3.8, 4) is 6.07 Å². The molecule has 0 radical (unpaired) electrons. The van der Waals surface area contributed by atoms with Crippen LogP contribution in [0.1, 0.15) is 38.5 Å². The van der Waals surface area contributed by atoms with E-state index in [4.69, 9.17) is 5.26 Å². The number of nitriles is 1. The van der Waals surface area contributed by atoms with E-state index in [0.717, 1.165) is 38.6 Å². The molecule has 104 valence electrons. The van der Waals surface area contributed by atoms with Crippen LogP contribution < -0.4 is 5.32 Å². The highest BCUT2D eigenvalue weighted by atomic mass is 16.2. The summed E-state index contributed by atoms with van der Waals surface area (Å²) in [6.07, 6.45) is 5.92. The maximum Gasteiger partial charge on any atom is 0.235 e. The van der Waals surface area contributed by atoms with Crippen LogP contribution in [-0.2, 0) is 9.59 Å². The van der Waals surface area contributed by atoms with Crippen molar-refractivity contribution in [1.82, 2.24) is 10.2 Å². The molecule has 5 heteroatoms. The number of Topliss-reactive ketones (excluding diaryl/α,β-unsaturated/α-hetero) is 1. The zero-order valence-corrected chi connectivity index (χ0v) is 11.2. The van der Waals surface area contributed by atoms with Crippen molar-refractivity contribution in [1.29, 1.82) is 5.26 Å². The molecule has 2 rings (SSSR count). The molecule has 0 bridgehead atoms. The van der Waals surface area contributed by atoms with E-state index in [-0.39, 0.29) is 24.4 Å². The number of piperidine rings is 1. The number of hydrogen-bond acceptors (Lipinski definition) is 4. The Labute approximate surface area is 113 Å². The lowest BCUT2D eigenvalue weighted by Gasteiger charge is -2.38. The Morgan fingerprint density at radius 1 is 1.37 bits per heavy atom. The fourth-order valence-electron chi connectivity index (χ4n) is 3.30. The van der Waals surface area contributed by atoms with Crippen molar-refractivity contribution in [2.45, 2.75) is 44.6 Å². The minimum atomic E-state index is -0.112. The minimum Gasteiger partial charge on any atom is -0.342 e. The maximum atomic E-state index is 11.9. The van der Waals surface area contributed by atoms with E-state index < -0.39 is 0 Å². The largest absolute Gasteiger partial charge is 0.342 e. The van der Waals surface area contributed by atoms with Crippen molar-refractivity contribution >= 4 is 11.7 Å². The molecule has 1 N–H and O–H groups in total. The summed E-state index contributed by atoms with van der Waals surface area (Å²) in [5.41, 5.74) is 0. The molecule has 1 aliphatic carbocycles. The fourth-order valence-corrected chi connectivity index (χ4v) is 3.30. The SMILES string of the molecule is N#CCNC(=O)CN1CCCCC1C1CCCC1=O. The number of carbonyl (C=O) groups excluding carboxylic acids is 2. The van der Waals surface area contributed by atoms with Crippen LogP contribution in [0.4, 0.5) is 0 Å². The van der Waals surface area contributed by atoms with Gasteiger partial charge in [-0.2, -0.15) is 5.26 Å². The van der Waals surface area contributed by atoms with Crippen molar-refractivity contribution in [2.24, 2.45) is 5.92 Å². The highest BCUT2D eigenvalue weighted by molar-refractivity contribution is 5.84. The molecule has 1 saturated heterocycles. The van der Waals surface area contributed by atoms with Gasteiger partial charge >= 0.3 is 0 Å². The first-order chi connectivity index (χ1) is 9.22. The zero-order valence-electron chi connectivity index (χ0n) is 11.2. The Bertz CT molecular complexity index is 389. The maximum absolute atomic E-state index is 11.9. The lowest BCUT2D eigenvalue weighted by atomic mass is 9.88. The number of nitrogens with one attached hydrogen (secondary N) is 1. The summed E-state index contributed by atoms with van der Waals surface area (Å²) < 4.78 is 0. The van der Waals surface area contributed by atoms with Crippen LogP contribution in [0.5, 0.6) is 0 Å². The normalized spacial score (nSPS) is 28.1. The quantitative estimate of drug-likeness (QED) is 0.763. The zero-order chi connectivity index (χ0) is 13.7. The number of carbonyl (C=O) groups is 2. The number of hydrogen-bond donors (Lipinski definition) is 1. The Hall–Kier alpha value is -1.41. The first-order valence-corrected chi connectivity index (χ1v) is 7.13. The number of amides is 1. The monoisotopic (exact) mass is 263 g/mol. The molecule has 5 nitrogen and oxygen atoms in total. The van der Waals surface area contributed by atoms with Gasteiger partial charge in [0.25, 0.3) is 0 Å². The molecule has 1 aliphatic heterocycles. The molecule has 2 atom stereocenters. The summed E-state index contributed by atoms with van der Waals surface area (Å²) in [4.78, 5) is 25.8. The van der Waals surface area contributed by atoms with Gasteiger partial charge in [-0.25, -0.2) is 0 Å². The first-order valence-electron chi connectivity index (χ1n) is 7.13. The molecular weight excluding hydrogens is 242 g/mol. The summed E-state index contributed by atoms with van der Waals surface area (Å²) in [6.45, 7) is 1.25. The standard InChI is InChI=1S/C14H21N3O2/c15-7-8-16-14(19)10-17-9-2-1-5-12(17)11-4-3-6-13(11)18/h11-12H,1-6,8-10H2,(H,16,19). The van der Waals surface area contributed by atoms with E-state index in [1.54, 1.807) is 0 Å². The van der Waals surface area contributed by atoms with Gasteiger partial charge in [0, 0.05) is 18.4 Å². The van der Waals surface area contributed by atoms with E-state index in [9.17, 15) is 9.59 Å². The molecule has 2 unspecified atom stereocenters. The third-order valence-electron chi connectivity index (χ3n) is 4.19. The molecule has 2 aliphatic rings. The highest BCUT2D eigenvalue weighted by Gasteiger charge is 2.37. The van der Waals surface area contributed by atoms with Crippen LogP contribution >= 0.6 is 0 Å². The third kappa shape index (κ3) is 3.54. The van der Waals surface area contributed by atoms with Gasteiger partial charge in [-0.05, 0) is 32.2 Å². The average molecular weight is 263 g/mol. The molecule has 0 aromatic rings. The molecule has 1 heterocycles. The number of nitrogens with zero attached hydrogens (tertiary/aromatic N) is 2. The molecular formula is C14H21N3O2. The van der Waals surface area contributed by atoms with Gasteiger partial charge in [-0.3, -0.25) is 14.5 Å². The summed E-state index contributed by atoms with van der Waals surface area (Å²) in [6, 6.07) is 2.14. The van der Waals surface area contributed by atoms with Crippen LogP contribution in [-0.4, -0.2) is 42.3 Å². The Balaban J connectivity index is 1.94. The van der Waals surface area contributed by atoms with E-state index >= 15 is 0 Å². The van der Waals surface area contributed by atoms with Crippen molar-refractivity contribution < 1.29 is 9.59 Å². The van der Waals surface area contributed by atoms with Crippen molar-refractivity contribution in [2.75, 3.05) is 19.6 Å². The predicted molar refractivity (Wildman–Crippen MR) is 70.2 cm³/mol. The van der Waals surface area contributed by atoms with E-state index in [2.05, 4.69) is 10.2 Å². The van der Waals surface area contributed by atoms with Crippen LogP contribution in [0.3, 0.4) is 0 Å². The van der Waals surface area contributed by atoms with Crippen molar-refractivity contribution in [3.05, 3.63) is 0 Å². The van der Waals surface area contributed by atoms with E-state index in [0.29, 0.717) is 18.7 Å². The molecule has 0 aromatic carbocycles. The number of ketones is 1. The van der Waals surface area contributed by atoms with Crippen LogP contribution in [0.25, 0.3) is 0 Å². The van der Waals surface area contributed by atoms with Gasteiger partial charge in [0.15, 0.2) is 0 Å². The van der Waals surface area contributed by atoms with Gasteiger partial charge in [-0.1, -0.05) is 6.42 Å². The minimum absolute atomic E-state index is 0.0553. The summed E-state index contributed by atoms with van der Waals surface area (Å²) in [7, 11) is 0. The van der Waals surface area contributed by atoms with E-state index in [1.165, 1.54) is 0 Å². The fraction of sp³-hybridized carbons (Fsp3) is 0.786. The number of rotatable bonds is 4. The number of likely N-dealkylation sites (tertiary alicyclic amines) is 1. The van der Waals surface area contributed by atoms with Gasteiger partial charge in [-0.15, -0.1) is 0 Å². The lowest BCUT2D eigenvalue weighted by Crippen LogP contribution is -2.49. The van der Waals surface area contributed by atoms with Gasteiger partial charge in [0.1, 0.15) is 12.3 Å². The summed E-state index contributed by atoms with van der Waals surface area (Å²) in [5.74, 6) is 0.386. The second-order valence-corrected chi connectivity index (χ2v) is 5.43. The highest BCUT2D eigenvalue weighted by Crippen LogP contribution is 2.32. The van der Waals surface area contributed by atoms with Crippen molar-refractivity contribution in [3.63, 3.8) is 0 Å². The van der Waals surface area contributed by atoms with Gasteiger partial charge < -0.3 is 5.32 Å². The predicted octanol–water partition coefficient (Wildman–Crippen LogP) is 0.850. The second kappa shape index (κ2) is 6.67. The molecule has 2 fully saturated rings. The Morgan fingerprint density at radius 2 is 2.21 bits per heavy atom. The van der Waals surface area contributed by atoms with Gasteiger partial charge in [0.2, 0.25) is 5.91 Å². The Morgan fingerprint density at radius 3 is 2.89 bits per heavy atom. The molecule has 19 heavy (non-hydrogen) atoms. The Kier molecular flexibility index (Phi) is 4.92. The molecule has 0 aromatic heterocycles. The average Bonchev–Trinajstić information content (AvgIpc) is 2.83. The first kappa shape index (κ1) is 14.0. The molecule has 1 amide bonds. The van der Waals surface area contributed by atoms with Crippen LogP contribution in [0.2, 0.25) is 0 Å². The van der Waals surface area contributed by atoms with Crippen LogP contribution in [0.15, 0.2) is 0 Å². The van der Waals surface area contributed by atoms with E-state index in [1.807, 2.05) is 6.07 Å². The van der Waals surface area contributed by atoms with Gasteiger partial charge in [0.05, 0.1) is 12.6 Å².